The van der Waals surface area contributed by atoms with Gasteiger partial charge in [0.25, 0.3) is 5.91 Å². The Kier molecular flexibility index (Phi) is 5.04. The molecule has 0 atom stereocenters. The highest BCUT2D eigenvalue weighted by atomic mass is 79.9. The number of hydrogen-bond acceptors (Lipinski definition) is 7. The molecule has 0 unspecified atom stereocenters. The minimum Gasteiger partial charge on any atom is -0.359 e. The highest BCUT2D eigenvalue weighted by Gasteiger charge is 2.51. The van der Waals surface area contributed by atoms with E-state index in [-0.39, 0.29) is 22.9 Å². The van der Waals surface area contributed by atoms with Gasteiger partial charge < -0.3 is 5.32 Å². The molecule has 6 rings (SSSR count). The Hall–Kier alpha value is -2.75. The third-order valence-electron chi connectivity index (χ3n) is 6.83. The molecule has 4 fully saturated rings. The lowest BCUT2D eigenvalue weighted by Gasteiger charge is -2.57. The normalized spacial score (nSPS) is 28.2. The predicted molar refractivity (Wildman–Crippen MR) is 118 cm³/mol. The zero-order valence-corrected chi connectivity index (χ0v) is 18.4. The molecule has 0 saturated heterocycles. The lowest BCUT2D eigenvalue weighted by atomic mass is 9.53. The molecule has 31 heavy (non-hydrogen) atoms. The molecule has 1 heterocycles. The number of nitrogens with zero attached hydrogens (tertiary/aromatic N) is 3. The van der Waals surface area contributed by atoms with Crippen molar-refractivity contribution in [3.8, 4) is 0 Å². The second-order valence-electron chi connectivity index (χ2n) is 9.09. The SMILES string of the molecule is O=C(NNc1ncnc(NC23CC4CC(CC(C4)C2)C3)c1[N+](=O)[O-])c1ccc(Br)cc1. The fraction of sp³-hybridized carbons (Fsp3) is 0.476. The number of anilines is 2. The lowest BCUT2D eigenvalue weighted by Crippen LogP contribution is -2.55. The van der Waals surface area contributed by atoms with Gasteiger partial charge in [-0.2, -0.15) is 0 Å². The van der Waals surface area contributed by atoms with Gasteiger partial charge in [0.1, 0.15) is 6.33 Å². The number of halogens is 1. The number of hydrazine groups is 1. The summed E-state index contributed by atoms with van der Waals surface area (Å²) in [5, 5.41) is 15.4. The van der Waals surface area contributed by atoms with Crippen molar-refractivity contribution >= 4 is 39.2 Å². The van der Waals surface area contributed by atoms with Crippen molar-refractivity contribution in [2.75, 3.05) is 10.7 Å². The maximum atomic E-state index is 12.4. The molecular formula is C21H23BrN6O3. The fourth-order valence-corrected chi connectivity index (χ4v) is 6.30. The van der Waals surface area contributed by atoms with E-state index in [9.17, 15) is 14.9 Å². The van der Waals surface area contributed by atoms with E-state index in [2.05, 4.69) is 42.1 Å². The van der Waals surface area contributed by atoms with Crippen LogP contribution in [0.3, 0.4) is 0 Å². The van der Waals surface area contributed by atoms with E-state index in [0.29, 0.717) is 23.3 Å². The molecule has 0 radical (unpaired) electrons. The van der Waals surface area contributed by atoms with Crippen molar-refractivity contribution in [3.63, 3.8) is 0 Å². The summed E-state index contributed by atoms with van der Waals surface area (Å²) in [5.41, 5.74) is 5.13. The number of amides is 1. The molecule has 162 valence electrons. The van der Waals surface area contributed by atoms with Gasteiger partial charge in [0.15, 0.2) is 0 Å². The molecule has 1 aromatic heterocycles. The van der Waals surface area contributed by atoms with Crippen LogP contribution in [-0.2, 0) is 0 Å². The van der Waals surface area contributed by atoms with Crippen LogP contribution in [0.1, 0.15) is 48.9 Å². The molecule has 1 amide bonds. The van der Waals surface area contributed by atoms with Gasteiger partial charge in [-0.15, -0.1) is 0 Å². The number of aromatic nitrogens is 2. The summed E-state index contributed by atoms with van der Waals surface area (Å²) >= 11 is 3.32. The van der Waals surface area contributed by atoms with Gasteiger partial charge in [0.2, 0.25) is 11.6 Å². The van der Waals surface area contributed by atoms with Gasteiger partial charge in [-0.05, 0) is 80.5 Å². The maximum absolute atomic E-state index is 12.4. The summed E-state index contributed by atoms with van der Waals surface area (Å²) in [4.78, 5) is 32.0. The van der Waals surface area contributed by atoms with Crippen LogP contribution in [0.5, 0.6) is 0 Å². The number of hydrogen-bond donors (Lipinski definition) is 3. The van der Waals surface area contributed by atoms with Crippen molar-refractivity contribution in [3.05, 3.63) is 50.7 Å². The van der Waals surface area contributed by atoms with Crippen LogP contribution in [0, 0.1) is 27.9 Å². The average Bonchev–Trinajstić information content (AvgIpc) is 2.71. The molecule has 4 saturated carbocycles. The summed E-state index contributed by atoms with van der Waals surface area (Å²) in [6.07, 6.45) is 8.21. The summed E-state index contributed by atoms with van der Waals surface area (Å²) < 4.78 is 0.851. The van der Waals surface area contributed by atoms with E-state index in [1.54, 1.807) is 24.3 Å². The van der Waals surface area contributed by atoms with Crippen molar-refractivity contribution < 1.29 is 9.72 Å². The summed E-state index contributed by atoms with van der Waals surface area (Å²) in [6.45, 7) is 0. The Morgan fingerprint density at radius 3 is 2.19 bits per heavy atom. The summed E-state index contributed by atoms with van der Waals surface area (Å²) in [6, 6.07) is 6.79. The minimum absolute atomic E-state index is 0.0438. The number of benzene rings is 1. The Morgan fingerprint density at radius 1 is 1.03 bits per heavy atom. The third kappa shape index (κ3) is 3.96. The van der Waals surface area contributed by atoms with Crippen LogP contribution >= 0.6 is 15.9 Å². The minimum atomic E-state index is -0.503. The molecule has 1 aromatic carbocycles. The molecule has 4 aliphatic rings. The Bertz CT molecular complexity index is 993. The molecule has 0 aliphatic heterocycles. The van der Waals surface area contributed by atoms with Gasteiger partial charge in [-0.3, -0.25) is 25.8 Å². The number of nitrogens with one attached hydrogen (secondary N) is 3. The average molecular weight is 487 g/mol. The van der Waals surface area contributed by atoms with Crippen molar-refractivity contribution in [2.45, 2.75) is 44.1 Å². The number of rotatable bonds is 6. The van der Waals surface area contributed by atoms with Crippen molar-refractivity contribution in [2.24, 2.45) is 17.8 Å². The lowest BCUT2D eigenvalue weighted by molar-refractivity contribution is -0.383. The molecular weight excluding hydrogens is 464 g/mol. The zero-order valence-electron chi connectivity index (χ0n) is 16.8. The summed E-state index contributed by atoms with van der Waals surface area (Å²) in [7, 11) is 0. The van der Waals surface area contributed by atoms with Crippen molar-refractivity contribution in [1.82, 2.24) is 15.4 Å². The highest BCUT2D eigenvalue weighted by Crippen LogP contribution is 2.56. The monoisotopic (exact) mass is 486 g/mol. The van der Waals surface area contributed by atoms with E-state index in [1.807, 2.05) is 0 Å². The largest absolute Gasteiger partial charge is 0.359 e. The second kappa shape index (κ2) is 7.74. The second-order valence-corrected chi connectivity index (χ2v) is 10.0. The Balaban J connectivity index is 1.36. The first-order chi connectivity index (χ1) is 14.9. The molecule has 0 spiro atoms. The molecule has 4 aliphatic carbocycles. The fourth-order valence-electron chi connectivity index (χ4n) is 6.04. The zero-order chi connectivity index (χ0) is 21.6. The van der Waals surface area contributed by atoms with E-state index in [0.717, 1.165) is 23.7 Å². The van der Waals surface area contributed by atoms with E-state index in [4.69, 9.17) is 0 Å². The van der Waals surface area contributed by atoms with Crippen LogP contribution in [-0.4, -0.2) is 26.3 Å². The van der Waals surface area contributed by atoms with Crippen LogP contribution in [0.4, 0.5) is 17.3 Å². The van der Waals surface area contributed by atoms with Gasteiger partial charge in [-0.1, -0.05) is 15.9 Å². The van der Waals surface area contributed by atoms with Gasteiger partial charge in [0, 0.05) is 15.6 Å². The Labute approximate surface area is 187 Å². The number of nitro groups is 1. The quantitative estimate of drug-likeness (QED) is 0.411. The molecule has 2 aromatic rings. The Morgan fingerprint density at radius 2 is 1.61 bits per heavy atom. The van der Waals surface area contributed by atoms with E-state index < -0.39 is 10.8 Å². The van der Waals surface area contributed by atoms with Gasteiger partial charge in [0.05, 0.1) is 4.92 Å². The van der Waals surface area contributed by atoms with Gasteiger partial charge >= 0.3 is 5.69 Å². The highest BCUT2D eigenvalue weighted by molar-refractivity contribution is 9.10. The predicted octanol–water partition coefficient (Wildman–Crippen LogP) is 4.28. The van der Waals surface area contributed by atoms with E-state index in [1.165, 1.54) is 25.6 Å². The number of carbonyl (C=O) groups is 1. The summed E-state index contributed by atoms with van der Waals surface area (Å²) in [5.74, 6) is 1.84. The van der Waals surface area contributed by atoms with Crippen LogP contribution in [0.2, 0.25) is 0 Å². The van der Waals surface area contributed by atoms with E-state index >= 15 is 0 Å². The molecule has 3 N–H and O–H groups in total. The molecule has 10 heteroatoms. The topological polar surface area (TPSA) is 122 Å². The smallest absolute Gasteiger partial charge is 0.354 e. The molecule has 9 nitrogen and oxygen atoms in total. The first-order valence-electron chi connectivity index (χ1n) is 10.5. The van der Waals surface area contributed by atoms with Gasteiger partial charge in [-0.25, -0.2) is 9.97 Å². The first-order valence-corrected chi connectivity index (χ1v) is 11.3. The van der Waals surface area contributed by atoms with Crippen LogP contribution in [0.15, 0.2) is 35.1 Å². The van der Waals surface area contributed by atoms with Crippen LogP contribution in [0.25, 0.3) is 0 Å². The van der Waals surface area contributed by atoms with Crippen LogP contribution < -0.4 is 16.2 Å². The third-order valence-corrected chi connectivity index (χ3v) is 7.36. The van der Waals surface area contributed by atoms with Crippen molar-refractivity contribution in [1.29, 1.82) is 0 Å². The maximum Gasteiger partial charge on any atom is 0.354 e. The molecule has 4 bridgehead atoms. The standard InChI is InChI=1S/C21H23BrN6O3/c22-16-3-1-15(2-4-16)20(29)27-26-19-17(28(30)31)18(23-11-24-19)25-21-8-12-5-13(9-21)7-14(6-12)10-21/h1-4,11-14H,5-10H2,(H,27,29)(H2,23,24,25,26). The first kappa shape index (κ1) is 20.2. The number of carbonyl (C=O) groups excluding carboxylic acids is 1.